The number of fused-ring (bicyclic) bond motifs is 2. The number of carbonyl (C=O) groups excluding carboxylic acids is 3. The maximum atomic E-state index is 13.8. The van der Waals surface area contributed by atoms with Gasteiger partial charge in [0.1, 0.15) is 17.7 Å². The molecule has 5 rings (SSSR count). The van der Waals surface area contributed by atoms with Crippen molar-refractivity contribution < 1.29 is 28.6 Å². The van der Waals surface area contributed by atoms with E-state index in [9.17, 15) is 23.9 Å². The number of ether oxygens (including phenoxy) is 1. The number of nitrogens with zero attached hydrogens (tertiary/aromatic N) is 3. The number of urea groups is 1. The molecule has 0 spiro atoms. The lowest BCUT2D eigenvalue weighted by atomic mass is 9.99. The fourth-order valence-corrected chi connectivity index (χ4v) is 5.57. The van der Waals surface area contributed by atoms with Crippen molar-refractivity contribution in [2.45, 2.75) is 32.4 Å². The maximum Gasteiger partial charge on any atom is 0.321 e. The molecule has 4 amide bonds. The van der Waals surface area contributed by atoms with Crippen LogP contribution in [0.25, 0.3) is 10.9 Å². The number of aryl methyl sites for hydroxylation is 1. The van der Waals surface area contributed by atoms with E-state index in [1.165, 1.54) is 29.2 Å². The molecule has 45 heavy (non-hydrogen) atoms. The second kappa shape index (κ2) is 13.4. The highest BCUT2D eigenvalue weighted by atomic mass is 19.1. The van der Waals surface area contributed by atoms with Gasteiger partial charge in [0, 0.05) is 55.0 Å². The molecule has 236 valence electrons. The number of nitrogens with one attached hydrogen (secondary N) is 2. The normalized spacial score (nSPS) is 17.1. The number of aliphatic hydroxyl groups excluding tert-OH is 1. The van der Waals surface area contributed by atoms with Crippen LogP contribution in [-0.2, 0) is 18.3 Å². The van der Waals surface area contributed by atoms with Crippen molar-refractivity contribution in [1.29, 1.82) is 0 Å². The second-order valence-electron chi connectivity index (χ2n) is 11.7. The minimum atomic E-state index is -0.513. The Labute approximate surface area is 261 Å². The Hall–Kier alpha value is -4.90. The fraction of sp³-hybridized carbons (Fsp3) is 0.324. The van der Waals surface area contributed by atoms with Gasteiger partial charge in [-0.3, -0.25) is 9.59 Å². The van der Waals surface area contributed by atoms with Crippen LogP contribution in [-0.4, -0.2) is 76.2 Å². The predicted molar refractivity (Wildman–Crippen MR) is 171 cm³/mol. The van der Waals surface area contributed by atoms with E-state index in [0.717, 1.165) is 16.5 Å². The topological polar surface area (TPSA) is 116 Å². The molecule has 0 bridgehead atoms. The van der Waals surface area contributed by atoms with Crippen molar-refractivity contribution >= 4 is 40.1 Å². The van der Waals surface area contributed by atoms with Crippen LogP contribution in [0, 0.1) is 11.7 Å². The number of likely N-dealkylation sites (N-methyl/N-ethyl adjacent to an activating group) is 1. The molecule has 2 heterocycles. The largest absolute Gasteiger partial charge is 0.487 e. The molecule has 3 aromatic carbocycles. The lowest BCUT2D eigenvalue weighted by Crippen LogP contribution is -2.50. The van der Waals surface area contributed by atoms with Crippen LogP contribution in [0.1, 0.15) is 29.8 Å². The first-order valence-electron chi connectivity index (χ1n) is 14.9. The van der Waals surface area contributed by atoms with E-state index < -0.39 is 24.0 Å². The number of para-hydroxylation sites is 1. The second-order valence-corrected chi connectivity index (χ2v) is 11.7. The van der Waals surface area contributed by atoms with E-state index in [0.29, 0.717) is 17.1 Å². The molecule has 0 aliphatic carbocycles. The average Bonchev–Trinajstić information content (AvgIpc) is 3.34. The van der Waals surface area contributed by atoms with Gasteiger partial charge in [0.05, 0.1) is 31.2 Å². The Balaban J connectivity index is 1.36. The molecule has 0 fully saturated rings. The zero-order chi connectivity index (χ0) is 32.2. The van der Waals surface area contributed by atoms with Crippen LogP contribution in [0.2, 0.25) is 0 Å². The van der Waals surface area contributed by atoms with Gasteiger partial charge in [0.15, 0.2) is 0 Å². The van der Waals surface area contributed by atoms with Gasteiger partial charge >= 0.3 is 6.03 Å². The number of carbonyl (C=O) groups is 3. The Morgan fingerprint density at radius 3 is 2.53 bits per heavy atom. The summed E-state index contributed by atoms with van der Waals surface area (Å²) in [6.45, 7) is 3.91. The Morgan fingerprint density at radius 2 is 1.80 bits per heavy atom. The zero-order valence-corrected chi connectivity index (χ0v) is 25.8. The van der Waals surface area contributed by atoms with Crippen molar-refractivity contribution in [1.82, 2.24) is 14.4 Å². The Bertz CT molecular complexity index is 1710. The van der Waals surface area contributed by atoms with Crippen molar-refractivity contribution in [2.24, 2.45) is 13.0 Å². The molecule has 0 radical (unpaired) electrons. The first kappa shape index (κ1) is 31.5. The Morgan fingerprint density at radius 1 is 1.09 bits per heavy atom. The molecule has 3 atom stereocenters. The quantitative estimate of drug-likeness (QED) is 0.261. The number of amides is 4. The molecular formula is C34H38FN5O5. The average molecular weight is 616 g/mol. The summed E-state index contributed by atoms with van der Waals surface area (Å²) in [4.78, 5) is 42.9. The molecule has 0 saturated carbocycles. The van der Waals surface area contributed by atoms with E-state index in [-0.39, 0.29) is 49.4 Å². The monoisotopic (exact) mass is 615 g/mol. The number of rotatable bonds is 8. The molecule has 0 saturated heterocycles. The number of halogens is 1. The summed E-state index contributed by atoms with van der Waals surface area (Å²) in [5, 5.41) is 16.6. The molecule has 1 aromatic heterocycles. The van der Waals surface area contributed by atoms with Crippen LogP contribution in [0.5, 0.6) is 5.75 Å². The minimum Gasteiger partial charge on any atom is -0.487 e. The van der Waals surface area contributed by atoms with Gasteiger partial charge < -0.3 is 34.8 Å². The molecule has 1 aliphatic heterocycles. The van der Waals surface area contributed by atoms with Crippen LogP contribution >= 0.6 is 0 Å². The van der Waals surface area contributed by atoms with Gasteiger partial charge in [-0.05, 0) is 61.0 Å². The third-order valence-electron chi connectivity index (χ3n) is 8.18. The Kier molecular flexibility index (Phi) is 9.38. The minimum absolute atomic E-state index is 0.155. The van der Waals surface area contributed by atoms with Crippen molar-refractivity contribution in [3.8, 4) is 5.75 Å². The third kappa shape index (κ3) is 7.09. The van der Waals surface area contributed by atoms with E-state index in [1.807, 2.05) is 49.0 Å². The summed E-state index contributed by atoms with van der Waals surface area (Å²) in [5.74, 6) is -0.861. The molecular weight excluding hydrogens is 577 g/mol. The number of benzene rings is 3. The summed E-state index contributed by atoms with van der Waals surface area (Å²) < 4.78 is 21.7. The van der Waals surface area contributed by atoms with Crippen LogP contribution < -0.4 is 15.4 Å². The maximum absolute atomic E-state index is 13.8. The van der Waals surface area contributed by atoms with Gasteiger partial charge in [-0.2, -0.15) is 0 Å². The SMILES string of the molecule is C[C@@H]1CN([C@@H](C)CO)C(=O)c2cc(NC(=O)Cc3cn(C)c4ccccc34)ccc2O[C@@H]1CN(C)C(=O)Nc1ccc(F)cc1. The summed E-state index contributed by atoms with van der Waals surface area (Å²) in [7, 11) is 3.57. The molecule has 1 aliphatic rings. The van der Waals surface area contributed by atoms with Crippen LogP contribution in [0.15, 0.2) is 72.9 Å². The number of hydrogen-bond donors (Lipinski definition) is 3. The lowest BCUT2D eigenvalue weighted by molar-refractivity contribution is -0.115. The fourth-order valence-electron chi connectivity index (χ4n) is 5.57. The number of aliphatic hydroxyl groups is 1. The standard InChI is InChI=1S/C34H38FN5O5/c1-21-17-40(22(2)20-41)33(43)28-16-26(36-32(42)15-23-18-38(3)29-8-6-5-7-27(23)29)13-14-30(28)45-31(21)19-39(4)34(44)37-25-11-9-24(35)10-12-25/h5-14,16,18,21-22,31,41H,15,17,19-20H2,1-4H3,(H,36,42)(H,37,44)/t21-,22+,31-/m1/s1. The highest BCUT2D eigenvalue weighted by Gasteiger charge is 2.34. The number of aromatic nitrogens is 1. The first-order chi connectivity index (χ1) is 21.5. The summed E-state index contributed by atoms with van der Waals surface area (Å²) in [5.41, 5.74) is 3.06. The van der Waals surface area contributed by atoms with E-state index in [1.54, 1.807) is 37.1 Å². The number of hydrogen-bond acceptors (Lipinski definition) is 5. The van der Waals surface area contributed by atoms with Gasteiger partial charge in [-0.15, -0.1) is 0 Å². The van der Waals surface area contributed by atoms with E-state index >= 15 is 0 Å². The molecule has 11 heteroatoms. The highest BCUT2D eigenvalue weighted by Crippen LogP contribution is 2.31. The molecule has 3 N–H and O–H groups in total. The summed E-state index contributed by atoms with van der Waals surface area (Å²) >= 11 is 0. The summed E-state index contributed by atoms with van der Waals surface area (Å²) in [6, 6.07) is 17.4. The lowest BCUT2D eigenvalue weighted by Gasteiger charge is -2.38. The van der Waals surface area contributed by atoms with Crippen LogP contribution in [0.4, 0.5) is 20.6 Å². The molecule has 4 aromatic rings. The van der Waals surface area contributed by atoms with E-state index in [4.69, 9.17) is 4.74 Å². The third-order valence-corrected chi connectivity index (χ3v) is 8.18. The molecule has 0 unspecified atom stereocenters. The predicted octanol–water partition coefficient (Wildman–Crippen LogP) is 4.88. The van der Waals surface area contributed by atoms with E-state index in [2.05, 4.69) is 10.6 Å². The van der Waals surface area contributed by atoms with Gasteiger partial charge in [0.2, 0.25) is 5.91 Å². The first-order valence-corrected chi connectivity index (χ1v) is 14.9. The highest BCUT2D eigenvalue weighted by molar-refractivity contribution is 6.01. The van der Waals surface area contributed by atoms with Crippen molar-refractivity contribution in [3.05, 3.63) is 89.9 Å². The summed E-state index contributed by atoms with van der Waals surface area (Å²) in [6.07, 6.45) is 1.58. The number of anilines is 2. The zero-order valence-electron chi connectivity index (χ0n) is 25.8. The van der Waals surface area contributed by atoms with Gasteiger partial charge in [-0.1, -0.05) is 25.1 Å². The van der Waals surface area contributed by atoms with Crippen LogP contribution in [0.3, 0.4) is 0 Å². The van der Waals surface area contributed by atoms with Crippen molar-refractivity contribution in [3.63, 3.8) is 0 Å². The van der Waals surface area contributed by atoms with Gasteiger partial charge in [-0.25, -0.2) is 9.18 Å². The smallest absolute Gasteiger partial charge is 0.321 e. The van der Waals surface area contributed by atoms with Crippen molar-refractivity contribution in [2.75, 3.05) is 37.4 Å². The van der Waals surface area contributed by atoms with Gasteiger partial charge in [0.25, 0.3) is 5.91 Å². The molecule has 10 nitrogen and oxygen atoms in total.